The molecule has 0 amide bonds. The van der Waals surface area contributed by atoms with Crippen molar-refractivity contribution >= 4 is 25.1 Å². The Morgan fingerprint density at radius 1 is 1.30 bits per heavy atom. The SMILES string of the molecule is Nc1ncnc2c1ccn2[C@@H]1O[C@H](CO)[C@@H](O)[C@H]1O.O=[PH](O)O. The molecule has 0 unspecified atom stereocenters. The summed E-state index contributed by atoms with van der Waals surface area (Å²) in [4.78, 5) is 22.3. The zero-order chi connectivity index (χ0) is 17.1. The maximum Gasteiger partial charge on any atom is 0.314 e. The number of fused-ring (bicyclic) bond motifs is 1. The van der Waals surface area contributed by atoms with Crippen LogP contribution in [0.1, 0.15) is 6.23 Å². The number of aliphatic hydroxyl groups excluding tert-OH is 3. The van der Waals surface area contributed by atoms with Crippen molar-refractivity contribution in [3.05, 3.63) is 18.6 Å². The van der Waals surface area contributed by atoms with Crippen LogP contribution in [0, 0.1) is 0 Å². The van der Waals surface area contributed by atoms with Crippen molar-refractivity contribution in [2.45, 2.75) is 24.5 Å². The van der Waals surface area contributed by atoms with Gasteiger partial charge in [0.1, 0.15) is 36.1 Å². The van der Waals surface area contributed by atoms with Crippen LogP contribution < -0.4 is 5.73 Å². The number of nitrogen functional groups attached to an aromatic ring is 1. The van der Waals surface area contributed by atoms with E-state index < -0.39 is 32.8 Å². The summed E-state index contributed by atoms with van der Waals surface area (Å²) < 4.78 is 15.7. The van der Waals surface area contributed by atoms with Crippen molar-refractivity contribution in [3.8, 4) is 0 Å². The van der Waals surface area contributed by atoms with Gasteiger partial charge in [-0.15, -0.1) is 0 Å². The van der Waals surface area contributed by atoms with Gasteiger partial charge in [0.15, 0.2) is 6.23 Å². The molecule has 0 aliphatic carbocycles. The summed E-state index contributed by atoms with van der Waals surface area (Å²) in [5, 5.41) is 29.4. The maximum atomic E-state index is 9.98. The smallest absolute Gasteiger partial charge is 0.314 e. The second kappa shape index (κ2) is 7.32. The second-order valence-corrected chi connectivity index (χ2v) is 5.30. The zero-order valence-corrected chi connectivity index (χ0v) is 12.7. The molecule has 7 N–H and O–H groups in total. The summed E-state index contributed by atoms with van der Waals surface area (Å²) in [5.41, 5.74) is 6.23. The Labute approximate surface area is 130 Å². The first kappa shape index (κ1) is 17.8. The van der Waals surface area contributed by atoms with Gasteiger partial charge in [-0.1, -0.05) is 0 Å². The van der Waals surface area contributed by atoms with Crippen LogP contribution in [0.3, 0.4) is 0 Å². The van der Waals surface area contributed by atoms with Gasteiger partial charge in [-0.3, -0.25) is 4.57 Å². The minimum atomic E-state index is -3.13. The number of nitrogens with two attached hydrogens (primary N) is 1. The lowest BCUT2D eigenvalue weighted by Gasteiger charge is -2.17. The normalized spacial score (nSPS) is 27.2. The van der Waals surface area contributed by atoms with E-state index in [9.17, 15) is 10.2 Å². The zero-order valence-electron chi connectivity index (χ0n) is 11.7. The largest absolute Gasteiger partial charge is 0.394 e. The van der Waals surface area contributed by atoms with Gasteiger partial charge >= 0.3 is 8.25 Å². The van der Waals surface area contributed by atoms with Gasteiger partial charge in [0.2, 0.25) is 0 Å². The lowest BCUT2D eigenvalue weighted by atomic mass is 10.1. The van der Waals surface area contributed by atoms with Crippen molar-refractivity contribution in [1.82, 2.24) is 14.5 Å². The van der Waals surface area contributed by atoms with Gasteiger partial charge in [0.25, 0.3) is 0 Å². The van der Waals surface area contributed by atoms with Gasteiger partial charge in [0.05, 0.1) is 12.0 Å². The molecule has 1 aliphatic heterocycles. The van der Waals surface area contributed by atoms with Crippen LogP contribution in [0.25, 0.3) is 11.0 Å². The highest BCUT2D eigenvalue weighted by atomic mass is 31.1. The first-order valence-electron chi connectivity index (χ1n) is 6.48. The first-order chi connectivity index (χ1) is 10.9. The standard InChI is InChI=1S/C11H14N4O4.H3O3P/c12-9-5-1-2-15(10(5)14-4-13-9)11-8(18)7(17)6(3-16)19-11;1-4(2)3/h1-2,4,6-8,11,16-18H,3H2,(H2,12,13,14);4H,(H2,1,2,3)/t6-,7-,8-,11-;/m1./s1. The van der Waals surface area contributed by atoms with E-state index in [1.807, 2.05) is 0 Å². The average Bonchev–Trinajstić information content (AvgIpc) is 3.02. The molecule has 4 atom stereocenters. The summed E-state index contributed by atoms with van der Waals surface area (Å²) in [6.45, 7) is -0.370. The molecule has 1 aliphatic rings. The molecule has 0 bridgehead atoms. The second-order valence-electron chi connectivity index (χ2n) is 4.73. The average molecular weight is 348 g/mol. The number of ether oxygens (including phenoxy) is 1. The summed E-state index contributed by atoms with van der Waals surface area (Å²) in [6, 6.07) is 1.71. The molecular weight excluding hydrogens is 331 g/mol. The Hall–Kier alpha value is -1.59. The number of hydrogen-bond acceptors (Lipinski definition) is 8. The van der Waals surface area contributed by atoms with Crippen LogP contribution in [0.15, 0.2) is 18.6 Å². The third-order valence-corrected chi connectivity index (χ3v) is 3.33. The van der Waals surface area contributed by atoms with Crippen molar-refractivity contribution in [1.29, 1.82) is 0 Å². The molecule has 12 heteroatoms. The van der Waals surface area contributed by atoms with Crippen LogP contribution in [0.4, 0.5) is 5.82 Å². The Kier molecular flexibility index (Phi) is 5.65. The van der Waals surface area contributed by atoms with E-state index in [4.69, 9.17) is 29.9 Å². The summed E-state index contributed by atoms with van der Waals surface area (Å²) in [7, 11) is -3.13. The maximum absolute atomic E-state index is 9.98. The summed E-state index contributed by atoms with van der Waals surface area (Å²) >= 11 is 0. The van der Waals surface area contributed by atoms with Gasteiger partial charge in [-0.25, -0.2) is 9.97 Å². The lowest BCUT2D eigenvalue weighted by molar-refractivity contribution is -0.0508. The summed E-state index contributed by atoms with van der Waals surface area (Å²) in [5.74, 6) is 0.329. The fourth-order valence-corrected chi connectivity index (χ4v) is 2.31. The molecule has 3 heterocycles. The molecule has 0 spiro atoms. The number of rotatable bonds is 2. The van der Waals surface area contributed by atoms with Gasteiger partial charge in [0, 0.05) is 6.20 Å². The van der Waals surface area contributed by atoms with Crippen molar-refractivity contribution in [2.75, 3.05) is 12.3 Å². The molecule has 128 valence electrons. The van der Waals surface area contributed by atoms with Gasteiger partial charge in [-0.05, 0) is 6.07 Å². The van der Waals surface area contributed by atoms with E-state index in [1.54, 1.807) is 16.8 Å². The minimum Gasteiger partial charge on any atom is -0.394 e. The molecule has 23 heavy (non-hydrogen) atoms. The predicted molar refractivity (Wildman–Crippen MR) is 78.4 cm³/mol. The van der Waals surface area contributed by atoms with E-state index in [0.29, 0.717) is 16.9 Å². The van der Waals surface area contributed by atoms with Crippen LogP contribution in [-0.4, -0.2) is 64.6 Å². The minimum absolute atomic E-state index is 0.329. The Balaban J connectivity index is 0.000000433. The summed E-state index contributed by atoms with van der Waals surface area (Å²) in [6.07, 6.45) is -0.975. The molecule has 3 rings (SSSR count). The van der Waals surface area contributed by atoms with Crippen LogP contribution in [-0.2, 0) is 9.30 Å². The Morgan fingerprint density at radius 3 is 2.52 bits per heavy atom. The van der Waals surface area contributed by atoms with E-state index in [1.165, 1.54) is 6.33 Å². The molecule has 1 fully saturated rings. The highest BCUT2D eigenvalue weighted by molar-refractivity contribution is 7.30. The quantitative estimate of drug-likeness (QED) is 0.331. The Morgan fingerprint density at radius 2 is 1.96 bits per heavy atom. The number of nitrogens with zero attached hydrogens (tertiary/aromatic N) is 3. The van der Waals surface area contributed by atoms with E-state index in [2.05, 4.69) is 9.97 Å². The highest BCUT2D eigenvalue weighted by Crippen LogP contribution is 2.32. The fraction of sp³-hybridized carbons (Fsp3) is 0.455. The van der Waals surface area contributed by atoms with Gasteiger partial charge in [-0.2, -0.15) is 0 Å². The number of anilines is 1. The molecule has 0 saturated carbocycles. The van der Waals surface area contributed by atoms with Crippen molar-refractivity contribution in [3.63, 3.8) is 0 Å². The third-order valence-electron chi connectivity index (χ3n) is 3.33. The molecule has 2 aromatic heterocycles. The molecule has 1 saturated heterocycles. The van der Waals surface area contributed by atoms with Gasteiger partial charge < -0.3 is 40.1 Å². The Bertz CT molecular complexity index is 692. The van der Waals surface area contributed by atoms with E-state index in [-0.39, 0.29) is 6.61 Å². The lowest BCUT2D eigenvalue weighted by Crippen LogP contribution is -2.33. The highest BCUT2D eigenvalue weighted by Gasteiger charge is 2.43. The number of aromatic nitrogens is 3. The van der Waals surface area contributed by atoms with E-state index in [0.717, 1.165) is 0 Å². The monoisotopic (exact) mass is 348 g/mol. The van der Waals surface area contributed by atoms with Crippen LogP contribution in [0.2, 0.25) is 0 Å². The topological polar surface area (TPSA) is 184 Å². The molecule has 2 aromatic rings. The van der Waals surface area contributed by atoms with Crippen LogP contribution >= 0.6 is 8.25 Å². The van der Waals surface area contributed by atoms with Crippen LogP contribution in [0.5, 0.6) is 0 Å². The van der Waals surface area contributed by atoms with Crippen molar-refractivity contribution < 1.29 is 34.4 Å². The molecular formula is C11H17N4O7P. The third kappa shape index (κ3) is 3.67. The molecule has 11 nitrogen and oxygen atoms in total. The number of aliphatic hydroxyl groups is 3. The predicted octanol–water partition coefficient (Wildman–Crippen LogP) is -2.01. The molecule has 0 radical (unpaired) electrons. The number of hydrogen-bond donors (Lipinski definition) is 6. The van der Waals surface area contributed by atoms with E-state index >= 15 is 0 Å². The first-order valence-corrected chi connectivity index (χ1v) is 7.78. The molecule has 0 aromatic carbocycles. The van der Waals surface area contributed by atoms with Crippen molar-refractivity contribution in [2.24, 2.45) is 0 Å². The fourth-order valence-electron chi connectivity index (χ4n) is 2.31.